The van der Waals surface area contributed by atoms with E-state index < -0.39 is 5.41 Å². The fraction of sp³-hybridized carbons (Fsp3) is 0.682. The topological polar surface area (TPSA) is 66.0 Å². The highest BCUT2D eigenvalue weighted by molar-refractivity contribution is 5.85. The summed E-state index contributed by atoms with van der Waals surface area (Å²) in [7, 11) is 0. The molecular weight excluding hydrogens is 368 g/mol. The van der Waals surface area contributed by atoms with Crippen molar-refractivity contribution in [1.29, 1.82) is 0 Å². The minimum Gasteiger partial charge on any atom is -0.378 e. The van der Waals surface area contributed by atoms with Gasteiger partial charge in [0.15, 0.2) is 0 Å². The molecule has 0 radical (unpaired) electrons. The predicted octanol–water partition coefficient (Wildman–Crippen LogP) is 1.64. The minimum atomic E-state index is -0.457. The second kappa shape index (κ2) is 8.30. The van der Waals surface area contributed by atoms with Crippen molar-refractivity contribution < 1.29 is 14.3 Å². The molecule has 7 heteroatoms. The van der Waals surface area contributed by atoms with Crippen LogP contribution >= 0.6 is 0 Å². The third-order valence-corrected chi connectivity index (χ3v) is 6.69. The number of nitrogens with zero attached hydrogens (tertiary/aromatic N) is 4. The van der Waals surface area contributed by atoms with E-state index in [9.17, 15) is 9.59 Å². The normalized spacial score (nSPS) is 27.7. The summed E-state index contributed by atoms with van der Waals surface area (Å²) in [5.74, 6) is 1.44. The van der Waals surface area contributed by atoms with Gasteiger partial charge >= 0.3 is 0 Å². The number of anilines is 1. The number of hydrogen-bond donors (Lipinski definition) is 0. The second-order valence-corrected chi connectivity index (χ2v) is 8.87. The van der Waals surface area contributed by atoms with Crippen molar-refractivity contribution in [2.75, 3.05) is 57.4 Å². The van der Waals surface area contributed by atoms with Gasteiger partial charge in [-0.05, 0) is 25.0 Å². The van der Waals surface area contributed by atoms with Crippen molar-refractivity contribution in [1.82, 2.24) is 14.8 Å². The number of amides is 2. The summed E-state index contributed by atoms with van der Waals surface area (Å²) < 4.78 is 5.47. The Balaban J connectivity index is 1.64. The quantitative estimate of drug-likeness (QED) is 0.772. The lowest BCUT2D eigenvalue weighted by molar-refractivity contribution is -0.148. The molecule has 2 amide bonds. The van der Waals surface area contributed by atoms with Crippen molar-refractivity contribution in [2.24, 2.45) is 17.3 Å². The summed E-state index contributed by atoms with van der Waals surface area (Å²) in [6.07, 6.45) is 3.48. The lowest BCUT2D eigenvalue weighted by Crippen LogP contribution is -2.53. The van der Waals surface area contributed by atoms with Crippen molar-refractivity contribution in [3.63, 3.8) is 0 Å². The SMILES string of the molecule is CC(C)C(=O)N1CCC[C@]2(C(=O)N3CCOCC3)CN(c3ccccn3)C[C@@H]2C1. The third kappa shape index (κ3) is 3.84. The van der Waals surface area contributed by atoms with Crippen LogP contribution in [0.2, 0.25) is 0 Å². The van der Waals surface area contributed by atoms with Crippen molar-refractivity contribution >= 4 is 17.6 Å². The molecular formula is C22H32N4O3. The summed E-state index contributed by atoms with van der Waals surface area (Å²) in [5.41, 5.74) is -0.457. The molecule has 0 aliphatic carbocycles. The van der Waals surface area contributed by atoms with Gasteiger partial charge in [0.2, 0.25) is 11.8 Å². The van der Waals surface area contributed by atoms with Gasteiger partial charge < -0.3 is 19.4 Å². The second-order valence-electron chi connectivity index (χ2n) is 8.87. The van der Waals surface area contributed by atoms with Gasteiger partial charge in [-0.2, -0.15) is 0 Å². The monoisotopic (exact) mass is 400 g/mol. The molecule has 3 aliphatic rings. The van der Waals surface area contributed by atoms with Crippen molar-refractivity contribution in [3.8, 4) is 0 Å². The first-order valence-corrected chi connectivity index (χ1v) is 10.8. The van der Waals surface area contributed by atoms with Crippen LogP contribution in [0.5, 0.6) is 0 Å². The largest absolute Gasteiger partial charge is 0.378 e. The van der Waals surface area contributed by atoms with Crippen LogP contribution in [0.3, 0.4) is 0 Å². The van der Waals surface area contributed by atoms with E-state index in [4.69, 9.17) is 4.74 Å². The van der Waals surface area contributed by atoms with Crippen molar-refractivity contribution in [2.45, 2.75) is 26.7 Å². The minimum absolute atomic E-state index is 0.0225. The Kier molecular flexibility index (Phi) is 5.76. The zero-order chi connectivity index (χ0) is 20.4. The average Bonchev–Trinajstić information content (AvgIpc) is 3.02. The number of carbonyl (C=O) groups excluding carboxylic acids is 2. The molecule has 3 aliphatic heterocycles. The van der Waals surface area contributed by atoms with Gasteiger partial charge in [-0.15, -0.1) is 0 Å². The van der Waals surface area contributed by atoms with Gasteiger partial charge in [-0.3, -0.25) is 9.59 Å². The number of carbonyl (C=O) groups is 2. The third-order valence-electron chi connectivity index (χ3n) is 6.69. The van der Waals surface area contributed by atoms with Gasteiger partial charge in [0.1, 0.15) is 5.82 Å². The molecule has 0 N–H and O–H groups in total. The number of ether oxygens (including phenoxy) is 1. The Hall–Kier alpha value is -2.15. The van der Waals surface area contributed by atoms with Gasteiger partial charge in [0.25, 0.3) is 0 Å². The fourth-order valence-corrected chi connectivity index (χ4v) is 5.14. The Morgan fingerprint density at radius 2 is 1.93 bits per heavy atom. The zero-order valence-electron chi connectivity index (χ0n) is 17.5. The van der Waals surface area contributed by atoms with Crippen molar-refractivity contribution in [3.05, 3.63) is 24.4 Å². The Bertz CT molecular complexity index is 735. The molecule has 1 aromatic rings. The number of hydrogen-bond acceptors (Lipinski definition) is 5. The molecule has 4 rings (SSSR count). The lowest BCUT2D eigenvalue weighted by atomic mass is 9.73. The first-order valence-electron chi connectivity index (χ1n) is 10.8. The summed E-state index contributed by atoms with van der Waals surface area (Å²) in [5, 5.41) is 0. The van der Waals surface area contributed by atoms with Crippen LogP contribution in [-0.4, -0.2) is 79.1 Å². The molecule has 0 saturated carbocycles. The highest BCUT2D eigenvalue weighted by Gasteiger charge is 2.55. The van der Waals surface area contributed by atoms with Crippen LogP contribution in [0, 0.1) is 17.3 Å². The lowest BCUT2D eigenvalue weighted by Gasteiger charge is -2.38. The number of likely N-dealkylation sites (tertiary alicyclic amines) is 1. The highest BCUT2D eigenvalue weighted by Crippen LogP contribution is 2.45. The average molecular weight is 401 g/mol. The van der Waals surface area contributed by atoms with Crippen LogP contribution in [0.1, 0.15) is 26.7 Å². The molecule has 4 heterocycles. The molecule has 0 bridgehead atoms. The van der Waals surface area contributed by atoms with E-state index in [0.717, 1.165) is 31.7 Å². The highest BCUT2D eigenvalue weighted by atomic mass is 16.5. The van der Waals surface area contributed by atoms with E-state index in [2.05, 4.69) is 9.88 Å². The number of rotatable bonds is 3. The Labute approximate surface area is 173 Å². The summed E-state index contributed by atoms with van der Waals surface area (Å²) in [6.45, 7) is 9.26. The van der Waals surface area contributed by atoms with Gasteiger partial charge in [-0.1, -0.05) is 19.9 Å². The van der Waals surface area contributed by atoms with Crippen LogP contribution in [0.15, 0.2) is 24.4 Å². The maximum atomic E-state index is 13.8. The predicted molar refractivity (Wildman–Crippen MR) is 110 cm³/mol. The molecule has 7 nitrogen and oxygen atoms in total. The van der Waals surface area contributed by atoms with Crippen LogP contribution in [-0.2, 0) is 14.3 Å². The molecule has 158 valence electrons. The number of pyridine rings is 1. The molecule has 29 heavy (non-hydrogen) atoms. The molecule has 0 aromatic carbocycles. The molecule has 0 unspecified atom stereocenters. The molecule has 3 fully saturated rings. The summed E-state index contributed by atoms with van der Waals surface area (Å²) in [4.78, 5) is 37.3. The Morgan fingerprint density at radius 3 is 2.62 bits per heavy atom. The van der Waals surface area contributed by atoms with E-state index in [0.29, 0.717) is 39.4 Å². The van der Waals surface area contributed by atoms with E-state index in [1.807, 2.05) is 41.8 Å². The summed E-state index contributed by atoms with van der Waals surface area (Å²) in [6, 6.07) is 5.91. The maximum Gasteiger partial charge on any atom is 0.231 e. The molecule has 0 spiro atoms. The van der Waals surface area contributed by atoms with Crippen LogP contribution in [0.25, 0.3) is 0 Å². The number of aromatic nitrogens is 1. The van der Waals surface area contributed by atoms with E-state index in [1.54, 1.807) is 6.20 Å². The summed E-state index contributed by atoms with van der Waals surface area (Å²) >= 11 is 0. The van der Waals surface area contributed by atoms with Crippen LogP contribution < -0.4 is 4.90 Å². The smallest absolute Gasteiger partial charge is 0.231 e. The standard InChI is InChI=1S/C22H32N4O3/c1-17(2)20(27)25-9-5-7-22(21(28)24-10-12-29-13-11-24)16-26(15-18(22)14-25)19-6-3-4-8-23-19/h3-4,6,8,17-18H,5,7,9-16H2,1-2H3/t18-,22-/m0/s1. The van der Waals surface area contributed by atoms with E-state index in [1.165, 1.54) is 0 Å². The molecule has 3 saturated heterocycles. The number of morpholine rings is 1. The van der Waals surface area contributed by atoms with Gasteiger partial charge in [0, 0.05) is 57.3 Å². The fourth-order valence-electron chi connectivity index (χ4n) is 5.14. The van der Waals surface area contributed by atoms with Gasteiger partial charge in [-0.25, -0.2) is 4.98 Å². The van der Waals surface area contributed by atoms with Gasteiger partial charge in [0.05, 0.1) is 18.6 Å². The number of fused-ring (bicyclic) bond motifs is 1. The zero-order valence-corrected chi connectivity index (χ0v) is 17.5. The van der Waals surface area contributed by atoms with E-state index >= 15 is 0 Å². The first kappa shape index (κ1) is 20.1. The maximum absolute atomic E-state index is 13.8. The first-order chi connectivity index (χ1) is 14.0. The van der Waals surface area contributed by atoms with Crippen LogP contribution in [0.4, 0.5) is 5.82 Å². The molecule has 1 aromatic heterocycles. The van der Waals surface area contributed by atoms with E-state index in [-0.39, 0.29) is 23.7 Å². The molecule has 2 atom stereocenters. The Morgan fingerprint density at radius 1 is 1.14 bits per heavy atom.